The first-order valence-electron chi connectivity index (χ1n) is 6.54. The van der Waals surface area contributed by atoms with Crippen molar-refractivity contribution < 1.29 is 13.9 Å². The number of ether oxygens (including phenoxy) is 2. The molecule has 0 aromatic heterocycles. The van der Waals surface area contributed by atoms with Gasteiger partial charge >= 0.3 is 0 Å². The maximum absolute atomic E-state index is 14.0. The zero-order valence-electron chi connectivity index (χ0n) is 12.2. The third-order valence-corrected chi connectivity index (χ3v) is 2.84. The van der Waals surface area contributed by atoms with Gasteiger partial charge in [-0.1, -0.05) is 0 Å². The van der Waals surface area contributed by atoms with Crippen LogP contribution in [0.3, 0.4) is 0 Å². The van der Waals surface area contributed by atoms with Crippen LogP contribution >= 0.6 is 0 Å². The molecule has 6 heteroatoms. The number of nitrogens with zero attached hydrogens (tertiary/aromatic N) is 2. The number of rotatable bonds is 5. The molecule has 2 rings (SSSR count). The molecule has 0 unspecified atom stereocenters. The normalized spacial score (nSPS) is 9.22. The van der Waals surface area contributed by atoms with Crippen molar-refractivity contribution in [1.82, 2.24) is 0 Å². The van der Waals surface area contributed by atoms with E-state index in [0.29, 0.717) is 17.2 Å². The lowest BCUT2D eigenvalue weighted by atomic mass is 10.2. The third kappa shape index (κ3) is 4.23. The predicted molar refractivity (Wildman–Crippen MR) is 82.4 cm³/mol. The minimum atomic E-state index is -0.574. The second-order valence-corrected chi connectivity index (χ2v) is 4.35. The van der Waals surface area contributed by atoms with E-state index < -0.39 is 5.82 Å². The van der Waals surface area contributed by atoms with Gasteiger partial charge in [0, 0.05) is 18.0 Å². The zero-order valence-corrected chi connectivity index (χ0v) is 12.2. The molecule has 0 aliphatic heterocycles. The number of methoxy groups -OCH3 is 1. The van der Waals surface area contributed by atoms with Crippen molar-refractivity contribution in [2.45, 2.75) is 0 Å². The van der Waals surface area contributed by atoms with Gasteiger partial charge in [0.25, 0.3) is 0 Å². The number of hydrogen-bond donors (Lipinski definition) is 1. The van der Waals surface area contributed by atoms with E-state index in [-0.39, 0.29) is 11.3 Å². The molecule has 0 radical (unpaired) electrons. The summed E-state index contributed by atoms with van der Waals surface area (Å²) in [6.07, 6.45) is 1.21. The van der Waals surface area contributed by atoms with Gasteiger partial charge in [-0.25, -0.2) is 4.39 Å². The summed E-state index contributed by atoms with van der Waals surface area (Å²) in [5.41, 5.74) is 0.288. The summed E-state index contributed by atoms with van der Waals surface area (Å²) in [7, 11) is 1.56. The molecule has 0 bridgehead atoms. The van der Waals surface area contributed by atoms with Crippen molar-refractivity contribution in [2.75, 3.05) is 12.4 Å². The van der Waals surface area contributed by atoms with Crippen LogP contribution in [0.25, 0.3) is 0 Å². The molecule has 0 saturated carbocycles. The topological polar surface area (TPSA) is 78.1 Å². The van der Waals surface area contributed by atoms with Crippen molar-refractivity contribution in [1.29, 1.82) is 10.5 Å². The molecule has 0 atom stereocenters. The molecule has 23 heavy (non-hydrogen) atoms. The highest BCUT2D eigenvalue weighted by atomic mass is 19.1. The van der Waals surface area contributed by atoms with Crippen LogP contribution in [0, 0.1) is 28.5 Å². The smallest absolute Gasteiger partial charge is 0.167 e. The van der Waals surface area contributed by atoms with Gasteiger partial charge < -0.3 is 14.8 Å². The van der Waals surface area contributed by atoms with Crippen molar-refractivity contribution in [3.05, 3.63) is 60.1 Å². The Bertz CT molecular complexity index is 786. The van der Waals surface area contributed by atoms with Crippen LogP contribution < -0.4 is 14.8 Å². The lowest BCUT2D eigenvalue weighted by Crippen LogP contribution is -1.93. The Labute approximate surface area is 132 Å². The highest BCUT2D eigenvalue weighted by Gasteiger charge is 2.06. The van der Waals surface area contributed by atoms with Crippen molar-refractivity contribution in [2.24, 2.45) is 0 Å². The SMILES string of the molecule is COc1ccc(Oc2ccc(NC=C(C#N)C#N)cc2F)cc1. The molecule has 0 fully saturated rings. The number of hydrogen-bond acceptors (Lipinski definition) is 5. The number of anilines is 1. The molecule has 2 aromatic rings. The first-order chi connectivity index (χ1) is 11.2. The van der Waals surface area contributed by atoms with E-state index in [1.165, 1.54) is 18.3 Å². The highest BCUT2D eigenvalue weighted by molar-refractivity contribution is 5.52. The molecule has 0 heterocycles. The van der Waals surface area contributed by atoms with Crippen molar-refractivity contribution in [3.63, 3.8) is 0 Å². The van der Waals surface area contributed by atoms with Gasteiger partial charge in [0.05, 0.1) is 7.11 Å². The fourth-order valence-corrected chi connectivity index (χ4v) is 1.69. The molecule has 0 saturated heterocycles. The lowest BCUT2D eigenvalue weighted by Gasteiger charge is -2.09. The van der Waals surface area contributed by atoms with Crippen molar-refractivity contribution in [3.8, 4) is 29.4 Å². The number of nitrogens with one attached hydrogen (secondary N) is 1. The molecule has 5 nitrogen and oxygen atoms in total. The highest BCUT2D eigenvalue weighted by Crippen LogP contribution is 2.28. The monoisotopic (exact) mass is 309 g/mol. The quantitative estimate of drug-likeness (QED) is 0.845. The lowest BCUT2D eigenvalue weighted by molar-refractivity contribution is 0.411. The van der Waals surface area contributed by atoms with E-state index in [9.17, 15) is 4.39 Å². The van der Waals surface area contributed by atoms with Crippen molar-refractivity contribution >= 4 is 5.69 Å². The number of nitriles is 2. The maximum Gasteiger partial charge on any atom is 0.167 e. The van der Waals surface area contributed by atoms with E-state index >= 15 is 0 Å². The molecule has 2 aromatic carbocycles. The van der Waals surface area contributed by atoms with E-state index in [0.717, 1.165) is 0 Å². The Hall–Kier alpha value is -3.51. The Morgan fingerprint density at radius 3 is 2.30 bits per heavy atom. The summed E-state index contributed by atoms with van der Waals surface area (Å²) in [5.74, 6) is 0.636. The van der Waals surface area contributed by atoms with Gasteiger partial charge in [-0.15, -0.1) is 0 Å². The van der Waals surface area contributed by atoms with E-state index in [4.69, 9.17) is 20.0 Å². The number of allylic oxidation sites excluding steroid dienone is 1. The van der Waals surface area contributed by atoms with Gasteiger partial charge in [-0.05, 0) is 36.4 Å². The molecule has 1 N–H and O–H groups in total. The first kappa shape index (κ1) is 15.9. The van der Waals surface area contributed by atoms with Crippen LogP contribution in [0.1, 0.15) is 0 Å². The summed E-state index contributed by atoms with van der Waals surface area (Å²) < 4.78 is 24.5. The van der Waals surface area contributed by atoms with Crippen LogP contribution in [0.5, 0.6) is 17.2 Å². The summed E-state index contributed by atoms with van der Waals surface area (Å²) >= 11 is 0. The first-order valence-corrected chi connectivity index (χ1v) is 6.54. The predicted octanol–water partition coefficient (Wildman–Crippen LogP) is 3.97. The van der Waals surface area contributed by atoms with E-state index in [1.54, 1.807) is 49.6 Å². The van der Waals surface area contributed by atoms with Gasteiger partial charge in [0.2, 0.25) is 0 Å². The summed E-state index contributed by atoms with van der Waals surface area (Å²) in [5, 5.41) is 19.9. The maximum atomic E-state index is 14.0. The summed E-state index contributed by atoms with van der Waals surface area (Å²) in [6, 6.07) is 14.4. The van der Waals surface area contributed by atoms with Gasteiger partial charge in [0.15, 0.2) is 11.6 Å². The Balaban J connectivity index is 2.11. The standard InChI is InChI=1S/C17H12FN3O2/c1-22-14-3-5-15(6-4-14)23-17-7-2-13(8-16(17)18)21-11-12(9-19)10-20/h2-8,11,21H,1H3. The summed E-state index contributed by atoms with van der Waals surface area (Å²) in [4.78, 5) is 0. The minimum Gasteiger partial charge on any atom is -0.497 e. The zero-order chi connectivity index (χ0) is 16.7. The molecule has 0 amide bonds. The van der Waals surface area contributed by atoms with Gasteiger partial charge in [0.1, 0.15) is 29.2 Å². The molecule has 0 spiro atoms. The number of halogens is 1. The third-order valence-electron chi connectivity index (χ3n) is 2.84. The number of benzene rings is 2. The molecular formula is C17H12FN3O2. The minimum absolute atomic E-state index is 0.0606. The fraction of sp³-hybridized carbons (Fsp3) is 0.0588. The largest absolute Gasteiger partial charge is 0.497 e. The van der Waals surface area contributed by atoms with Gasteiger partial charge in [-0.3, -0.25) is 0 Å². The Morgan fingerprint density at radius 1 is 1.09 bits per heavy atom. The Kier molecular flexibility index (Phi) is 5.16. The van der Waals surface area contributed by atoms with Crippen LogP contribution in [0.15, 0.2) is 54.2 Å². The van der Waals surface area contributed by atoms with E-state index in [1.807, 2.05) is 0 Å². The molecular weight excluding hydrogens is 297 g/mol. The second kappa shape index (κ2) is 7.48. The van der Waals surface area contributed by atoms with Crippen LogP contribution in [0.2, 0.25) is 0 Å². The molecule has 114 valence electrons. The average molecular weight is 309 g/mol. The van der Waals surface area contributed by atoms with E-state index in [2.05, 4.69) is 5.32 Å². The second-order valence-electron chi connectivity index (χ2n) is 4.35. The fourth-order valence-electron chi connectivity index (χ4n) is 1.69. The molecule has 0 aliphatic rings. The molecule has 0 aliphatic carbocycles. The van der Waals surface area contributed by atoms with Crippen LogP contribution in [-0.2, 0) is 0 Å². The van der Waals surface area contributed by atoms with Gasteiger partial charge in [-0.2, -0.15) is 10.5 Å². The van der Waals surface area contributed by atoms with Crippen LogP contribution in [-0.4, -0.2) is 7.11 Å². The average Bonchev–Trinajstić information content (AvgIpc) is 2.58. The van der Waals surface area contributed by atoms with Crippen LogP contribution in [0.4, 0.5) is 10.1 Å². The Morgan fingerprint density at radius 2 is 1.74 bits per heavy atom. The summed E-state index contributed by atoms with van der Waals surface area (Å²) in [6.45, 7) is 0.